The van der Waals surface area contributed by atoms with Crippen LogP contribution in [-0.4, -0.2) is 101 Å². The molecule has 0 heterocycles. The van der Waals surface area contributed by atoms with Gasteiger partial charge in [0.1, 0.15) is 41.5 Å². The number of esters is 3. The SMILES string of the molecule is CC(C)(C)OC(=O)CCCCCCCCCCCCCCCCCCC(=O)NC(CCC(=O)N[C@@H](CCC(=O)NCCCCC(NC(=O)OCC1c2ccccc2-c2ccccc21)C(=O)O)C(=O)OC(C)(C)C)C(=O)OC(C)(C)C. The van der Waals surface area contributed by atoms with Gasteiger partial charge in [0, 0.05) is 38.1 Å². The number of carboxylic acids is 1. The molecular weight excluding hydrogens is 1020 g/mol. The number of alkyl carbamates (subject to hydrolysis) is 1. The van der Waals surface area contributed by atoms with E-state index in [1.165, 1.54) is 57.8 Å². The van der Waals surface area contributed by atoms with Crippen molar-refractivity contribution in [2.45, 2.75) is 264 Å². The Morgan fingerprint density at radius 1 is 0.450 bits per heavy atom. The van der Waals surface area contributed by atoms with Gasteiger partial charge in [-0.3, -0.25) is 19.2 Å². The maximum Gasteiger partial charge on any atom is 0.407 e. The van der Waals surface area contributed by atoms with Crippen molar-refractivity contribution in [2.24, 2.45) is 0 Å². The van der Waals surface area contributed by atoms with Crippen LogP contribution in [0.1, 0.15) is 240 Å². The third-order valence-corrected chi connectivity index (χ3v) is 13.5. The minimum atomic E-state index is -1.21. The van der Waals surface area contributed by atoms with E-state index in [0.717, 1.165) is 60.8 Å². The van der Waals surface area contributed by atoms with Crippen LogP contribution in [0.3, 0.4) is 0 Å². The molecule has 5 N–H and O–H groups in total. The minimum absolute atomic E-state index is 0.0413. The summed E-state index contributed by atoms with van der Waals surface area (Å²) in [6.07, 6.45) is 18.1. The van der Waals surface area contributed by atoms with E-state index >= 15 is 0 Å². The molecule has 0 saturated carbocycles. The highest BCUT2D eigenvalue weighted by Crippen LogP contribution is 2.44. The van der Waals surface area contributed by atoms with E-state index in [2.05, 4.69) is 21.3 Å². The van der Waals surface area contributed by atoms with Crippen molar-refractivity contribution in [1.82, 2.24) is 21.3 Å². The van der Waals surface area contributed by atoms with E-state index in [1.54, 1.807) is 41.5 Å². The summed E-state index contributed by atoms with van der Waals surface area (Å²) in [5, 5.41) is 20.5. The van der Waals surface area contributed by atoms with Crippen molar-refractivity contribution in [3.8, 4) is 11.1 Å². The molecule has 17 heteroatoms. The summed E-state index contributed by atoms with van der Waals surface area (Å²) in [7, 11) is 0. The number of hydrogen-bond donors (Lipinski definition) is 5. The third-order valence-electron chi connectivity index (χ3n) is 13.5. The van der Waals surface area contributed by atoms with Crippen molar-refractivity contribution in [2.75, 3.05) is 13.2 Å². The Labute approximate surface area is 477 Å². The molecule has 2 aromatic carbocycles. The second kappa shape index (κ2) is 35.7. The zero-order valence-corrected chi connectivity index (χ0v) is 49.9. The lowest BCUT2D eigenvalue weighted by molar-refractivity contribution is -0.160. The van der Waals surface area contributed by atoms with Gasteiger partial charge in [-0.15, -0.1) is 0 Å². The van der Waals surface area contributed by atoms with Gasteiger partial charge in [-0.05, 0) is 130 Å². The highest BCUT2D eigenvalue weighted by Gasteiger charge is 2.32. The van der Waals surface area contributed by atoms with Crippen LogP contribution in [0.4, 0.5) is 4.79 Å². The van der Waals surface area contributed by atoms with Gasteiger partial charge in [-0.25, -0.2) is 19.2 Å². The summed E-state index contributed by atoms with van der Waals surface area (Å²) in [5.74, 6) is -4.21. The summed E-state index contributed by atoms with van der Waals surface area (Å²) in [6, 6.07) is 12.3. The smallest absolute Gasteiger partial charge is 0.407 e. The lowest BCUT2D eigenvalue weighted by atomic mass is 9.98. The number of carbonyl (C=O) groups is 8. The standard InChI is InChI=1S/C63H98N4O13/c1-61(2,3)78-56(71)38-25-23-21-19-17-15-13-11-10-12-14-16-18-20-22-24-37-54(69)65-52(59(75)80-63(7,8)9)40-42-55(70)66-51(58(74)79-62(4,5)6)39-41-53(68)64-43-31-30-36-50(57(72)73)67-60(76)77-44-49-47-34-28-26-32-45(47)46-33-27-29-35-48(46)49/h26-29,32-35,49-52H,10-25,30-31,36-44H2,1-9H3,(H,64,68)(H,65,69)(H,66,70)(H,67,76)(H,72,73)/t50?,51-,52?/m0/s1. The normalized spacial score (nSPS) is 13.4. The monoisotopic (exact) mass is 1120 g/mol. The van der Waals surface area contributed by atoms with Crippen LogP contribution < -0.4 is 21.3 Å². The molecule has 0 spiro atoms. The van der Waals surface area contributed by atoms with E-state index in [-0.39, 0.29) is 69.5 Å². The van der Waals surface area contributed by atoms with E-state index in [4.69, 9.17) is 18.9 Å². The topological polar surface area (TPSA) is 242 Å². The molecule has 2 unspecified atom stereocenters. The second-order valence-corrected chi connectivity index (χ2v) is 24.3. The Morgan fingerprint density at radius 3 is 1.29 bits per heavy atom. The summed E-state index contributed by atoms with van der Waals surface area (Å²) in [4.78, 5) is 103. The number of amides is 4. The van der Waals surface area contributed by atoms with Crippen LogP contribution in [0.15, 0.2) is 48.5 Å². The minimum Gasteiger partial charge on any atom is -0.480 e. The summed E-state index contributed by atoms with van der Waals surface area (Å²) >= 11 is 0. The van der Waals surface area contributed by atoms with Gasteiger partial charge in [0.2, 0.25) is 17.7 Å². The molecule has 17 nitrogen and oxygen atoms in total. The van der Waals surface area contributed by atoms with Crippen LogP contribution in [0.25, 0.3) is 11.1 Å². The van der Waals surface area contributed by atoms with Gasteiger partial charge in [0.05, 0.1) is 0 Å². The molecular formula is C63H98N4O13. The Morgan fingerprint density at radius 2 is 0.850 bits per heavy atom. The van der Waals surface area contributed by atoms with E-state index in [0.29, 0.717) is 25.7 Å². The average Bonchev–Trinajstić information content (AvgIpc) is 3.68. The van der Waals surface area contributed by atoms with Crippen LogP contribution >= 0.6 is 0 Å². The number of fused-ring (bicyclic) bond motifs is 3. The fraction of sp³-hybridized carbons (Fsp3) is 0.683. The first-order chi connectivity index (χ1) is 37.8. The fourth-order valence-electron chi connectivity index (χ4n) is 9.58. The van der Waals surface area contributed by atoms with Gasteiger partial charge in [0.25, 0.3) is 0 Å². The van der Waals surface area contributed by atoms with Gasteiger partial charge < -0.3 is 45.3 Å². The lowest BCUT2D eigenvalue weighted by Crippen LogP contribution is -2.47. The van der Waals surface area contributed by atoms with E-state index in [9.17, 15) is 43.5 Å². The predicted molar refractivity (Wildman–Crippen MR) is 309 cm³/mol. The first-order valence-corrected chi connectivity index (χ1v) is 29.7. The molecule has 448 valence electrons. The maximum atomic E-state index is 13.4. The molecule has 0 radical (unpaired) electrons. The Hall–Kier alpha value is -6.00. The zero-order chi connectivity index (χ0) is 59.1. The summed E-state index contributed by atoms with van der Waals surface area (Å²) in [6.45, 7) is 16.1. The number of rotatable bonds is 38. The van der Waals surface area contributed by atoms with E-state index < -0.39 is 70.7 Å². The zero-order valence-electron chi connectivity index (χ0n) is 49.9. The molecule has 0 fully saturated rings. The number of benzene rings is 2. The Kier molecular flexibility index (Phi) is 30.4. The fourth-order valence-corrected chi connectivity index (χ4v) is 9.58. The number of hydrogen-bond acceptors (Lipinski definition) is 12. The van der Waals surface area contributed by atoms with Gasteiger partial charge in [-0.2, -0.15) is 0 Å². The molecule has 4 amide bonds. The molecule has 0 bridgehead atoms. The van der Waals surface area contributed by atoms with Crippen LogP contribution in [-0.2, 0) is 52.5 Å². The van der Waals surface area contributed by atoms with Crippen molar-refractivity contribution < 1.29 is 62.4 Å². The van der Waals surface area contributed by atoms with Gasteiger partial charge in [-0.1, -0.05) is 138 Å². The quantitative estimate of drug-likeness (QED) is 0.0239. The molecule has 0 aromatic heterocycles. The molecule has 2 aromatic rings. The number of aliphatic carboxylic acids is 1. The first kappa shape index (κ1) is 68.3. The number of carboxylic acid groups (broad SMARTS) is 1. The maximum absolute atomic E-state index is 13.4. The average molecular weight is 1120 g/mol. The third kappa shape index (κ3) is 29.5. The highest BCUT2D eigenvalue weighted by molar-refractivity contribution is 5.88. The molecule has 1 aliphatic carbocycles. The Bertz CT molecular complexity index is 2220. The number of ether oxygens (including phenoxy) is 4. The van der Waals surface area contributed by atoms with Crippen molar-refractivity contribution >= 4 is 47.7 Å². The van der Waals surface area contributed by atoms with Gasteiger partial charge >= 0.3 is 30.0 Å². The molecule has 1 aliphatic rings. The molecule has 80 heavy (non-hydrogen) atoms. The highest BCUT2D eigenvalue weighted by atomic mass is 16.6. The number of carbonyl (C=O) groups excluding carboxylic acids is 7. The molecule has 3 rings (SSSR count). The largest absolute Gasteiger partial charge is 0.480 e. The first-order valence-electron chi connectivity index (χ1n) is 29.7. The van der Waals surface area contributed by atoms with Gasteiger partial charge in [0.15, 0.2) is 0 Å². The van der Waals surface area contributed by atoms with Crippen LogP contribution in [0.5, 0.6) is 0 Å². The van der Waals surface area contributed by atoms with E-state index in [1.807, 2.05) is 69.3 Å². The van der Waals surface area contributed by atoms with Crippen molar-refractivity contribution in [1.29, 1.82) is 0 Å². The molecule has 0 aliphatic heterocycles. The number of unbranched alkanes of at least 4 members (excludes halogenated alkanes) is 16. The molecule has 0 saturated heterocycles. The van der Waals surface area contributed by atoms with Crippen molar-refractivity contribution in [3.05, 3.63) is 59.7 Å². The van der Waals surface area contributed by atoms with Crippen LogP contribution in [0.2, 0.25) is 0 Å². The Balaban J connectivity index is 1.33. The second-order valence-electron chi connectivity index (χ2n) is 24.3. The molecule has 3 atom stereocenters. The lowest BCUT2D eigenvalue weighted by Gasteiger charge is -2.26. The summed E-state index contributed by atoms with van der Waals surface area (Å²) < 4.78 is 22.1. The predicted octanol–water partition coefficient (Wildman–Crippen LogP) is 11.8. The summed E-state index contributed by atoms with van der Waals surface area (Å²) in [5.41, 5.74) is 2.07. The van der Waals surface area contributed by atoms with Crippen molar-refractivity contribution in [3.63, 3.8) is 0 Å². The number of nitrogens with one attached hydrogen (secondary N) is 4. The van der Waals surface area contributed by atoms with Crippen LogP contribution in [0, 0.1) is 0 Å².